The molecule has 0 saturated carbocycles. The second-order valence-electron chi connectivity index (χ2n) is 8.44. The molecule has 0 aliphatic heterocycles. The number of Topliss-reactive ketones (excluding diaryl/α,β-unsaturated/α-hetero) is 1. The van der Waals surface area contributed by atoms with Gasteiger partial charge in [0.1, 0.15) is 6.54 Å². The van der Waals surface area contributed by atoms with Crippen molar-refractivity contribution in [1.29, 1.82) is 0 Å². The molecule has 0 bridgehead atoms. The van der Waals surface area contributed by atoms with Gasteiger partial charge in [0.25, 0.3) is 0 Å². The van der Waals surface area contributed by atoms with Crippen molar-refractivity contribution in [2.75, 3.05) is 6.54 Å². The van der Waals surface area contributed by atoms with Crippen LogP contribution in [-0.4, -0.2) is 30.2 Å². The summed E-state index contributed by atoms with van der Waals surface area (Å²) in [5, 5.41) is 2.32. The number of halogens is 7. The Morgan fingerprint density at radius 1 is 0.868 bits per heavy atom. The molecule has 0 saturated heterocycles. The van der Waals surface area contributed by atoms with E-state index in [4.69, 9.17) is 11.6 Å². The van der Waals surface area contributed by atoms with E-state index in [1.165, 1.54) is 31.2 Å². The topological polar surface area (TPSA) is 63.2 Å². The molecule has 0 aliphatic rings. The summed E-state index contributed by atoms with van der Waals surface area (Å²) in [7, 11) is 0. The van der Waals surface area contributed by atoms with Gasteiger partial charge in [0.2, 0.25) is 5.91 Å². The molecule has 1 N–H and O–H groups in total. The lowest BCUT2D eigenvalue weighted by Gasteiger charge is -2.12. The Hall–Kier alpha value is -3.66. The number of allylic oxidation sites excluding steroid dienone is 2. The molecule has 0 atom stereocenters. The lowest BCUT2D eigenvalue weighted by atomic mass is 9.93. The molecule has 1 amide bonds. The minimum atomic E-state index is -4.62. The highest BCUT2D eigenvalue weighted by Crippen LogP contribution is 2.34. The van der Waals surface area contributed by atoms with Crippen LogP contribution >= 0.6 is 11.6 Å². The number of hydrogen-bond acceptors (Lipinski definition) is 3. The molecule has 38 heavy (non-hydrogen) atoms. The third-order valence-electron chi connectivity index (χ3n) is 5.58. The van der Waals surface area contributed by atoms with Crippen molar-refractivity contribution in [2.24, 2.45) is 0 Å². The maximum atomic E-state index is 13.2. The zero-order chi connectivity index (χ0) is 28.3. The van der Waals surface area contributed by atoms with Crippen molar-refractivity contribution in [3.05, 3.63) is 87.9 Å². The number of hydrogen-bond donors (Lipinski definition) is 1. The fourth-order valence-electron chi connectivity index (χ4n) is 3.74. The first-order chi connectivity index (χ1) is 17.7. The van der Waals surface area contributed by atoms with Gasteiger partial charge in [0.15, 0.2) is 11.6 Å². The monoisotopic (exact) mass is 555 g/mol. The van der Waals surface area contributed by atoms with Gasteiger partial charge in [-0.25, -0.2) is 0 Å². The van der Waals surface area contributed by atoms with Crippen molar-refractivity contribution in [3.8, 4) is 0 Å². The first-order valence-corrected chi connectivity index (χ1v) is 11.5. The summed E-state index contributed by atoms with van der Waals surface area (Å²) in [5.41, 5.74) is -0.264. The van der Waals surface area contributed by atoms with Crippen molar-refractivity contribution in [3.63, 3.8) is 0 Å². The van der Waals surface area contributed by atoms with Gasteiger partial charge in [-0.1, -0.05) is 41.9 Å². The van der Waals surface area contributed by atoms with Crippen LogP contribution in [0.3, 0.4) is 0 Å². The molecule has 0 aliphatic carbocycles. The SMILES string of the molecule is CC(=CC(=O)c1ccc(C(=O)CCC(=O)NCC(F)(F)F)c2ccccc12)c1cc(Cl)cc(C(F)(F)F)c1. The molecule has 200 valence electrons. The van der Waals surface area contributed by atoms with Gasteiger partial charge in [-0.05, 0) is 59.2 Å². The standard InChI is InChI=1S/C27H20ClF6NO3/c1-15(16-11-17(27(32,33)34)13-18(28)12-16)10-24(37)22-7-6-21(19-4-2-3-5-20(19)22)23(36)8-9-25(38)35-14-26(29,30)31/h2-7,10-13H,8-9,14H2,1H3,(H,35,38). The summed E-state index contributed by atoms with van der Waals surface area (Å²) in [4.78, 5) is 37.5. The maximum Gasteiger partial charge on any atom is 0.416 e. The number of rotatable bonds is 8. The number of ketones is 2. The largest absolute Gasteiger partial charge is 0.416 e. The molecular formula is C27H20ClF6NO3. The molecule has 3 rings (SSSR count). The first kappa shape index (κ1) is 28.9. The minimum Gasteiger partial charge on any atom is -0.347 e. The lowest BCUT2D eigenvalue weighted by molar-refractivity contribution is -0.138. The van der Waals surface area contributed by atoms with Crippen molar-refractivity contribution < 1.29 is 40.7 Å². The molecule has 0 heterocycles. The van der Waals surface area contributed by atoms with Gasteiger partial charge < -0.3 is 5.32 Å². The van der Waals surface area contributed by atoms with Gasteiger partial charge in [-0.2, -0.15) is 26.3 Å². The van der Waals surface area contributed by atoms with E-state index in [0.717, 1.165) is 12.1 Å². The molecule has 3 aromatic carbocycles. The smallest absolute Gasteiger partial charge is 0.347 e. The molecule has 11 heteroatoms. The quantitative estimate of drug-likeness (QED) is 0.178. The number of benzene rings is 3. The Bertz CT molecular complexity index is 1430. The van der Waals surface area contributed by atoms with Crippen LogP contribution in [0.1, 0.15) is 51.6 Å². The Labute approximate surface area is 218 Å². The summed E-state index contributed by atoms with van der Waals surface area (Å²) in [5.74, 6) is -1.97. The summed E-state index contributed by atoms with van der Waals surface area (Å²) >= 11 is 5.84. The molecule has 0 unspecified atom stereocenters. The van der Waals surface area contributed by atoms with E-state index in [9.17, 15) is 40.7 Å². The fourth-order valence-corrected chi connectivity index (χ4v) is 3.98. The van der Waals surface area contributed by atoms with Gasteiger partial charge in [-0.3, -0.25) is 14.4 Å². The van der Waals surface area contributed by atoms with E-state index in [1.807, 2.05) is 0 Å². The Balaban J connectivity index is 1.86. The minimum absolute atomic E-state index is 0.109. The summed E-state index contributed by atoms with van der Waals surface area (Å²) in [6.07, 6.45) is -8.83. The third-order valence-corrected chi connectivity index (χ3v) is 5.80. The number of carbonyl (C=O) groups is 3. The summed E-state index contributed by atoms with van der Waals surface area (Å²) < 4.78 is 76.2. The summed E-state index contributed by atoms with van der Waals surface area (Å²) in [6, 6.07) is 12.1. The average Bonchev–Trinajstić information content (AvgIpc) is 2.83. The Morgan fingerprint density at radius 2 is 1.47 bits per heavy atom. The van der Waals surface area contributed by atoms with Crippen molar-refractivity contribution in [1.82, 2.24) is 5.32 Å². The predicted octanol–water partition coefficient (Wildman–Crippen LogP) is 7.44. The van der Waals surface area contributed by atoms with Crippen molar-refractivity contribution in [2.45, 2.75) is 32.1 Å². The van der Waals surface area contributed by atoms with Gasteiger partial charge in [0, 0.05) is 29.0 Å². The van der Waals surface area contributed by atoms with Crippen LogP contribution in [0.15, 0.2) is 60.7 Å². The van der Waals surface area contributed by atoms with E-state index in [2.05, 4.69) is 0 Å². The van der Waals surface area contributed by atoms with E-state index in [1.54, 1.807) is 29.6 Å². The van der Waals surface area contributed by atoms with Crippen molar-refractivity contribution >= 4 is 45.4 Å². The van der Waals surface area contributed by atoms with Crippen LogP contribution in [0.2, 0.25) is 5.02 Å². The van der Waals surface area contributed by atoms with E-state index in [0.29, 0.717) is 10.8 Å². The zero-order valence-electron chi connectivity index (χ0n) is 19.8. The number of nitrogens with one attached hydrogen (secondary N) is 1. The van der Waals surface area contributed by atoms with E-state index >= 15 is 0 Å². The van der Waals surface area contributed by atoms with E-state index < -0.39 is 48.4 Å². The molecular weight excluding hydrogens is 536 g/mol. The van der Waals surface area contributed by atoms with Crippen LogP contribution in [0.5, 0.6) is 0 Å². The second-order valence-corrected chi connectivity index (χ2v) is 8.88. The lowest BCUT2D eigenvalue weighted by Crippen LogP contribution is -2.33. The van der Waals surface area contributed by atoms with Gasteiger partial charge >= 0.3 is 12.4 Å². The number of amides is 1. The first-order valence-electron chi connectivity index (χ1n) is 11.1. The van der Waals surface area contributed by atoms with Crippen LogP contribution in [0.25, 0.3) is 16.3 Å². The predicted molar refractivity (Wildman–Crippen MR) is 131 cm³/mol. The highest BCUT2D eigenvalue weighted by Gasteiger charge is 2.31. The van der Waals surface area contributed by atoms with Gasteiger partial charge in [-0.15, -0.1) is 0 Å². The Morgan fingerprint density at radius 3 is 2.08 bits per heavy atom. The van der Waals surface area contributed by atoms with Crippen LogP contribution in [-0.2, 0) is 11.0 Å². The zero-order valence-corrected chi connectivity index (χ0v) is 20.5. The molecule has 0 radical (unpaired) electrons. The number of alkyl halides is 6. The molecule has 0 spiro atoms. The molecule has 0 fully saturated rings. The van der Waals surface area contributed by atoms with Crippen LogP contribution in [0, 0.1) is 0 Å². The molecule has 0 aromatic heterocycles. The molecule has 4 nitrogen and oxygen atoms in total. The van der Waals surface area contributed by atoms with Crippen LogP contribution in [0.4, 0.5) is 26.3 Å². The second kappa shape index (κ2) is 11.4. The third kappa shape index (κ3) is 7.44. The number of fused-ring (bicyclic) bond motifs is 1. The fraction of sp³-hybridized carbons (Fsp3) is 0.222. The Kier molecular flexibility index (Phi) is 8.66. The highest BCUT2D eigenvalue weighted by molar-refractivity contribution is 6.31. The maximum absolute atomic E-state index is 13.2. The summed E-state index contributed by atoms with van der Waals surface area (Å²) in [6.45, 7) is -0.0347. The average molecular weight is 556 g/mol. The van der Waals surface area contributed by atoms with Gasteiger partial charge in [0.05, 0.1) is 5.56 Å². The normalized spacial score (nSPS) is 12.5. The van der Waals surface area contributed by atoms with E-state index in [-0.39, 0.29) is 33.7 Å². The van der Waals surface area contributed by atoms with Crippen LogP contribution < -0.4 is 5.32 Å². The highest BCUT2D eigenvalue weighted by atomic mass is 35.5. The number of carbonyl (C=O) groups excluding carboxylic acids is 3. The molecule has 3 aromatic rings.